The summed E-state index contributed by atoms with van der Waals surface area (Å²) in [5.74, 6) is -0.611. The number of carbonyl (C=O) groups excluding carboxylic acids is 1. The van der Waals surface area contributed by atoms with Crippen molar-refractivity contribution in [3.8, 4) is 0 Å². The Morgan fingerprint density at radius 1 is 1.40 bits per heavy atom. The Morgan fingerprint density at radius 2 is 2.05 bits per heavy atom. The van der Waals surface area contributed by atoms with Gasteiger partial charge in [0, 0.05) is 18.6 Å². The number of hydrogen-bond acceptors (Lipinski definition) is 5. The largest absolute Gasteiger partial charge is 0.394 e. The number of ether oxygens (including phenoxy) is 1. The number of sulfone groups is 1. The van der Waals surface area contributed by atoms with Crippen LogP contribution in [0, 0.1) is 0 Å². The van der Waals surface area contributed by atoms with Crippen LogP contribution in [0.5, 0.6) is 0 Å². The highest BCUT2D eigenvalue weighted by atomic mass is 32.2. The normalized spacial score (nSPS) is 13.3. The Hall–Kier alpha value is -1.70. The first kappa shape index (κ1) is 16.4. The number of nitrogens with one attached hydrogen (secondary N) is 1. The Balaban J connectivity index is 2.70. The van der Waals surface area contributed by atoms with Crippen molar-refractivity contribution < 1.29 is 23.1 Å². The first-order valence-electron chi connectivity index (χ1n) is 5.88. The van der Waals surface area contributed by atoms with E-state index >= 15 is 0 Å². The fourth-order valence-electron chi connectivity index (χ4n) is 1.43. The van der Waals surface area contributed by atoms with Gasteiger partial charge in [0.25, 0.3) is 0 Å². The first-order chi connectivity index (χ1) is 9.49. The monoisotopic (exact) mass is 299 g/mol. The molecule has 0 bridgehead atoms. The van der Waals surface area contributed by atoms with Crippen LogP contribution in [0.1, 0.15) is 0 Å². The van der Waals surface area contributed by atoms with Gasteiger partial charge in [-0.25, -0.2) is 8.42 Å². The lowest BCUT2D eigenvalue weighted by Crippen LogP contribution is -2.39. The van der Waals surface area contributed by atoms with Crippen molar-refractivity contribution in [2.45, 2.75) is 10.9 Å². The molecule has 1 unspecified atom stereocenters. The van der Waals surface area contributed by atoms with Crippen molar-refractivity contribution in [1.82, 2.24) is 5.32 Å². The maximum absolute atomic E-state index is 11.9. The van der Waals surface area contributed by atoms with E-state index in [1.807, 2.05) is 0 Å². The summed E-state index contributed by atoms with van der Waals surface area (Å²) >= 11 is 0. The molecule has 0 aliphatic carbocycles. The number of benzene rings is 1. The van der Waals surface area contributed by atoms with E-state index < -0.39 is 21.8 Å². The summed E-state index contributed by atoms with van der Waals surface area (Å²) < 4.78 is 28.5. The number of aliphatic hydroxyl groups excluding tert-OH is 1. The SMILES string of the molecule is COCC(CO)NC(=O)/C=C/S(=O)(=O)c1ccccc1. The molecule has 6 nitrogen and oxygen atoms in total. The second-order valence-corrected chi connectivity index (χ2v) is 5.84. The van der Waals surface area contributed by atoms with Crippen LogP contribution in [0.3, 0.4) is 0 Å². The van der Waals surface area contributed by atoms with Gasteiger partial charge in [0.2, 0.25) is 5.91 Å². The Bertz CT molecular complexity index is 553. The van der Waals surface area contributed by atoms with Crippen LogP contribution in [-0.2, 0) is 19.4 Å². The zero-order chi connectivity index (χ0) is 15.0. The van der Waals surface area contributed by atoms with Gasteiger partial charge in [0.1, 0.15) is 0 Å². The third kappa shape index (κ3) is 5.12. The third-order valence-corrected chi connectivity index (χ3v) is 3.83. The van der Waals surface area contributed by atoms with E-state index in [0.717, 1.165) is 11.5 Å². The minimum Gasteiger partial charge on any atom is -0.394 e. The molecule has 1 rings (SSSR count). The molecule has 0 heterocycles. The van der Waals surface area contributed by atoms with E-state index in [2.05, 4.69) is 5.32 Å². The molecule has 0 aromatic heterocycles. The quantitative estimate of drug-likeness (QED) is 0.697. The summed E-state index contributed by atoms with van der Waals surface area (Å²) in [6.07, 6.45) is 0.917. The topological polar surface area (TPSA) is 92.7 Å². The lowest BCUT2D eigenvalue weighted by Gasteiger charge is -2.13. The molecule has 1 atom stereocenters. The molecule has 20 heavy (non-hydrogen) atoms. The first-order valence-corrected chi connectivity index (χ1v) is 7.42. The van der Waals surface area contributed by atoms with Gasteiger partial charge in [0.15, 0.2) is 9.84 Å². The van der Waals surface area contributed by atoms with E-state index in [0.29, 0.717) is 0 Å². The molecule has 7 heteroatoms. The van der Waals surface area contributed by atoms with E-state index in [9.17, 15) is 13.2 Å². The summed E-state index contributed by atoms with van der Waals surface area (Å²) in [5.41, 5.74) is 0. The highest BCUT2D eigenvalue weighted by Crippen LogP contribution is 2.10. The van der Waals surface area contributed by atoms with Crippen LogP contribution in [0.2, 0.25) is 0 Å². The molecule has 0 spiro atoms. The van der Waals surface area contributed by atoms with Crippen LogP contribution >= 0.6 is 0 Å². The van der Waals surface area contributed by atoms with Crippen LogP contribution < -0.4 is 5.32 Å². The van der Waals surface area contributed by atoms with Gasteiger partial charge in [-0.15, -0.1) is 0 Å². The fraction of sp³-hybridized carbons (Fsp3) is 0.308. The molecule has 0 radical (unpaired) electrons. The summed E-state index contributed by atoms with van der Waals surface area (Å²) in [6.45, 7) is -0.152. The number of carbonyl (C=O) groups is 1. The Labute approximate surface area is 118 Å². The minimum absolute atomic E-state index is 0.111. The number of rotatable bonds is 7. The maximum Gasteiger partial charge on any atom is 0.245 e. The summed E-state index contributed by atoms with van der Waals surface area (Å²) in [5, 5.41) is 12.2. The van der Waals surface area contributed by atoms with Crippen LogP contribution in [0.15, 0.2) is 46.7 Å². The smallest absolute Gasteiger partial charge is 0.245 e. The van der Waals surface area contributed by atoms with Crippen molar-refractivity contribution in [1.29, 1.82) is 0 Å². The molecule has 1 aromatic rings. The van der Waals surface area contributed by atoms with E-state index in [-0.39, 0.29) is 18.1 Å². The molecule has 1 amide bonds. The number of aliphatic hydroxyl groups is 1. The molecule has 110 valence electrons. The highest BCUT2D eigenvalue weighted by molar-refractivity contribution is 7.94. The summed E-state index contributed by atoms with van der Waals surface area (Å²) in [4.78, 5) is 11.6. The zero-order valence-electron chi connectivity index (χ0n) is 11.0. The van der Waals surface area contributed by atoms with E-state index in [4.69, 9.17) is 9.84 Å². The Kier molecular flexibility index (Phi) is 6.37. The van der Waals surface area contributed by atoms with Crippen molar-refractivity contribution in [2.24, 2.45) is 0 Å². The van der Waals surface area contributed by atoms with E-state index in [1.165, 1.54) is 19.2 Å². The third-order valence-electron chi connectivity index (χ3n) is 2.40. The van der Waals surface area contributed by atoms with Crippen LogP contribution in [-0.4, -0.2) is 45.8 Å². The average molecular weight is 299 g/mol. The van der Waals surface area contributed by atoms with Crippen molar-refractivity contribution >= 4 is 15.7 Å². The average Bonchev–Trinajstić information content (AvgIpc) is 2.46. The molecular formula is C13H17NO5S. The van der Waals surface area contributed by atoms with Gasteiger partial charge < -0.3 is 15.2 Å². The molecule has 0 fully saturated rings. The van der Waals surface area contributed by atoms with Gasteiger partial charge in [-0.05, 0) is 12.1 Å². The van der Waals surface area contributed by atoms with Gasteiger partial charge in [-0.1, -0.05) is 18.2 Å². The fourth-order valence-corrected chi connectivity index (χ4v) is 2.43. The lowest BCUT2D eigenvalue weighted by molar-refractivity contribution is -0.117. The number of hydrogen-bond donors (Lipinski definition) is 2. The highest BCUT2D eigenvalue weighted by Gasteiger charge is 2.12. The van der Waals surface area contributed by atoms with Crippen molar-refractivity contribution in [3.05, 3.63) is 41.8 Å². The lowest BCUT2D eigenvalue weighted by atomic mass is 10.3. The van der Waals surface area contributed by atoms with Gasteiger partial charge in [0.05, 0.1) is 24.2 Å². The van der Waals surface area contributed by atoms with Crippen LogP contribution in [0.4, 0.5) is 0 Å². The van der Waals surface area contributed by atoms with Crippen LogP contribution in [0.25, 0.3) is 0 Å². The number of amides is 1. The Morgan fingerprint density at radius 3 is 2.60 bits per heavy atom. The van der Waals surface area contributed by atoms with Gasteiger partial charge in [-0.3, -0.25) is 4.79 Å². The zero-order valence-corrected chi connectivity index (χ0v) is 11.8. The van der Waals surface area contributed by atoms with Crippen molar-refractivity contribution in [2.75, 3.05) is 20.3 Å². The van der Waals surface area contributed by atoms with E-state index in [1.54, 1.807) is 18.2 Å². The predicted octanol–water partition coefficient (Wildman–Crippen LogP) is 0.0975. The second-order valence-electron chi connectivity index (χ2n) is 4.00. The summed E-state index contributed by atoms with van der Waals surface area (Å²) in [7, 11) is -2.21. The molecule has 0 aliphatic rings. The number of methoxy groups -OCH3 is 1. The minimum atomic E-state index is -3.65. The van der Waals surface area contributed by atoms with Gasteiger partial charge >= 0.3 is 0 Å². The molecule has 0 saturated heterocycles. The van der Waals surface area contributed by atoms with Gasteiger partial charge in [-0.2, -0.15) is 0 Å². The molecule has 0 aliphatic heterocycles. The molecular weight excluding hydrogens is 282 g/mol. The standard InChI is InChI=1S/C13H17NO5S/c1-19-10-11(9-15)14-13(16)7-8-20(17,18)12-5-3-2-4-6-12/h2-8,11,15H,9-10H2,1H3,(H,14,16)/b8-7+. The molecule has 1 aromatic carbocycles. The molecule has 2 N–H and O–H groups in total. The maximum atomic E-state index is 11.9. The summed E-state index contributed by atoms with van der Waals surface area (Å²) in [6, 6.07) is 7.21. The predicted molar refractivity (Wildman–Crippen MR) is 73.7 cm³/mol. The van der Waals surface area contributed by atoms with Crippen molar-refractivity contribution in [3.63, 3.8) is 0 Å². The second kappa shape index (κ2) is 7.78. The molecule has 0 saturated carbocycles.